The Hall–Kier alpha value is -6.08. The maximum atomic E-state index is 15.0. The highest BCUT2D eigenvalue weighted by atomic mass is 16.5. The number of benzene rings is 2. The summed E-state index contributed by atoms with van der Waals surface area (Å²) in [5, 5.41) is 19.1. The lowest BCUT2D eigenvalue weighted by Gasteiger charge is -2.61. The molecule has 13 N–H and O–H groups in total. The van der Waals surface area contributed by atoms with Crippen molar-refractivity contribution < 1.29 is 38.3 Å². The van der Waals surface area contributed by atoms with Crippen LogP contribution >= 0.6 is 0 Å². The van der Waals surface area contributed by atoms with Crippen LogP contribution in [0.1, 0.15) is 123 Å². The van der Waals surface area contributed by atoms with Gasteiger partial charge in [-0.2, -0.15) is 0 Å². The number of carbonyl (C=O) groups excluding carboxylic acids is 7. The fourth-order valence-corrected chi connectivity index (χ4v) is 11.9. The van der Waals surface area contributed by atoms with Crippen LogP contribution in [0.2, 0.25) is 0 Å². The van der Waals surface area contributed by atoms with Crippen molar-refractivity contribution >= 4 is 47.2 Å². The van der Waals surface area contributed by atoms with E-state index < -0.39 is 89.5 Å². The molecule has 4 aliphatic carbocycles. The predicted molar refractivity (Wildman–Crippen MR) is 279 cm³/mol. The van der Waals surface area contributed by atoms with Crippen LogP contribution in [0.3, 0.4) is 0 Å². The first-order valence-electron chi connectivity index (χ1n) is 26.4. The third-order valence-corrected chi connectivity index (χ3v) is 14.9. The average Bonchev–Trinajstić information content (AvgIpc) is 3.32. The standard InChI is InChI=1S/C54H83N11O8/c1-7-21-64(31-39(55)8-2)52(72)45(65(33(6)66)54-28-36-22-37(29-54)24-38(23-36)30-54)20-19-42(62-53(58)59)48(68)43(27-46(57)67)60-51(71)47(32(4)5)63-50(70)44(26-34-13-11-10-12-14-34)61-49(69)41(56)25-35-15-17-40(18-16-35)73-9-3/h10-18,32,36-39,41-45,47H,7-9,19-31,55-56H2,1-6H3,(H2,57,67)(H,60,71)(H,61,69)(H,63,70)(H4,58,59,62)/t36?,37?,38?,39?,41-,42?,43-,44-,45-,47-,54?/m0/s1. The van der Waals surface area contributed by atoms with Gasteiger partial charge in [0.1, 0.15) is 23.9 Å². The molecule has 2 unspecified atom stereocenters. The van der Waals surface area contributed by atoms with Crippen LogP contribution in [-0.4, -0.2) is 125 Å². The molecule has 19 nitrogen and oxygen atoms in total. The van der Waals surface area contributed by atoms with E-state index in [4.69, 9.17) is 33.1 Å². The van der Waals surface area contributed by atoms with Gasteiger partial charge in [-0.15, -0.1) is 0 Å². The molecule has 4 fully saturated rings. The van der Waals surface area contributed by atoms with Crippen molar-refractivity contribution in [2.24, 2.45) is 46.6 Å². The Balaban J connectivity index is 1.39. The molecule has 73 heavy (non-hydrogen) atoms. The van der Waals surface area contributed by atoms with Gasteiger partial charge in [-0.1, -0.05) is 70.2 Å². The Morgan fingerprint density at radius 2 is 1.33 bits per heavy atom. The van der Waals surface area contributed by atoms with Crippen LogP contribution in [0.4, 0.5) is 0 Å². The van der Waals surface area contributed by atoms with Gasteiger partial charge < -0.3 is 58.7 Å². The monoisotopic (exact) mass is 1010 g/mol. The summed E-state index contributed by atoms with van der Waals surface area (Å²) in [6.45, 7) is 11.8. The lowest BCUT2D eigenvalue weighted by molar-refractivity contribution is -0.165. The minimum atomic E-state index is -1.57. The lowest BCUT2D eigenvalue weighted by Crippen LogP contribution is -2.66. The molecule has 7 atom stereocenters. The van der Waals surface area contributed by atoms with Gasteiger partial charge in [0.25, 0.3) is 0 Å². The van der Waals surface area contributed by atoms with Gasteiger partial charge in [0.05, 0.1) is 31.2 Å². The van der Waals surface area contributed by atoms with E-state index in [9.17, 15) is 28.8 Å². The molecule has 2 aromatic rings. The molecule has 4 aliphatic rings. The number of hydrogen-bond acceptors (Lipinski definition) is 11. The molecule has 0 radical (unpaired) electrons. The maximum absolute atomic E-state index is 15.0. The average molecular weight is 1010 g/mol. The number of hydrogen-bond donors (Lipinski definition) is 9. The summed E-state index contributed by atoms with van der Waals surface area (Å²) in [5.74, 6) is -3.43. The first kappa shape index (κ1) is 57.8. The summed E-state index contributed by atoms with van der Waals surface area (Å²) in [4.78, 5) is 102. The van der Waals surface area contributed by atoms with E-state index in [2.05, 4.69) is 21.3 Å². The zero-order chi connectivity index (χ0) is 53.6. The molecule has 0 saturated heterocycles. The van der Waals surface area contributed by atoms with Crippen molar-refractivity contribution in [2.75, 3.05) is 19.7 Å². The SMILES string of the molecule is CCCN(CC(N)CC)C(=O)[C@H](CCC(NC(=N)N)C(=O)[C@H](CC(N)=O)NC(=O)[C@@H](NC(=O)[C@H](Cc1ccccc1)NC(=O)[C@@H](N)Cc1ccc(OCC)cc1)C(C)C)N(C(C)=O)C12CC3CC(CC(C3)C1)C2. The van der Waals surface area contributed by atoms with E-state index in [0.29, 0.717) is 49.5 Å². The molecular weight excluding hydrogens is 931 g/mol. The first-order valence-corrected chi connectivity index (χ1v) is 26.4. The molecule has 0 heterocycles. The predicted octanol–water partition coefficient (Wildman–Crippen LogP) is 2.55. The van der Waals surface area contributed by atoms with Crippen LogP contribution < -0.4 is 48.9 Å². The third-order valence-electron chi connectivity index (χ3n) is 14.9. The summed E-state index contributed by atoms with van der Waals surface area (Å²) in [6, 6.07) is 8.49. The minimum Gasteiger partial charge on any atom is -0.494 e. The van der Waals surface area contributed by atoms with E-state index >= 15 is 4.79 Å². The van der Waals surface area contributed by atoms with Crippen LogP contribution in [0, 0.1) is 29.1 Å². The number of primary amides is 1. The molecule has 4 bridgehead atoms. The van der Waals surface area contributed by atoms with Gasteiger partial charge in [0, 0.05) is 38.0 Å². The first-order chi connectivity index (χ1) is 34.7. The number of carbonyl (C=O) groups is 7. The van der Waals surface area contributed by atoms with Gasteiger partial charge in [0.2, 0.25) is 35.4 Å². The van der Waals surface area contributed by atoms with E-state index in [1.165, 1.54) is 6.92 Å². The minimum absolute atomic E-state index is 0.0152. The molecular formula is C54H83N11O8. The van der Waals surface area contributed by atoms with Gasteiger partial charge in [-0.3, -0.25) is 39.0 Å². The topological polar surface area (TPSA) is 311 Å². The highest BCUT2D eigenvalue weighted by Crippen LogP contribution is 2.58. The normalized spacial score (nSPS) is 21.6. The number of nitrogens with zero attached hydrogens (tertiary/aromatic N) is 2. The second-order valence-corrected chi connectivity index (χ2v) is 21.2. The number of Topliss-reactive ketones (excluding diaryl/α,β-unsaturated/α-hetero) is 1. The molecule has 0 aliphatic heterocycles. The summed E-state index contributed by atoms with van der Waals surface area (Å²) in [7, 11) is 0. The summed E-state index contributed by atoms with van der Waals surface area (Å²) < 4.78 is 5.52. The van der Waals surface area contributed by atoms with E-state index in [-0.39, 0.29) is 50.1 Å². The van der Waals surface area contributed by atoms with Crippen LogP contribution in [-0.2, 0) is 46.4 Å². The zero-order valence-electron chi connectivity index (χ0n) is 43.8. The molecule has 4 saturated carbocycles. The number of amides is 6. The fourth-order valence-electron chi connectivity index (χ4n) is 11.9. The largest absolute Gasteiger partial charge is 0.494 e. The number of nitrogens with one attached hydrogen (secondary N) is 5. The maximum Gasteiger partial charge on any atom is 0.245 e. The molecule has 2 aromatic carbocycles. The Kier molecular flexibility index (Phi) is 21.2. The van der Waals surface area contributed by atoms with Crippen molar-refractivity contribution in [2.45, 2.75) is 173 Å². The van der Waals surface area contributed by atoms with Crippen LogP contribution in [0.25, 0.3) is 0 Å². The quantitative estimate of drug-likeness (QED) is 0.0420. The van der Waals surface area contributed by atoms with Crippen molar-refractivity contribution in [3.05, 3.63) is 65.7 Å². The summed E-state index contributed by atoms with van der Waals surface area (Å²) >= 11 is 0. The Morgan fingerprint density at radius 1 is 0.740 bits per heavy atom. The van der Waals surface area contributed by atoms with Crippen molar-refractivity contribution in [1.82, 2.24) is 31.1 Å². The van der Waals surface area contributed by atoms with Gasteiger partial charge in [-0.25, -0.2) is 0 Å². The number of nitrogens with two attached hydrogens (primary N) is 4. The molecule has 0 aromatic heterocycles. The Morgan fingerprint density at radius 3 is 1.85 bits per heavy atom. The highest BCUT2D eigenvalue weighted by molar-refractivity contribution is 5.99. The smallest absolute Gasteiger partial charge is 0.245 e. The van der Waals surface area contributed by atoms with Crippen molar-refractivity contribution in [1.29, 1.82) is 5.41 Å². The number of ether oxygens (including phenoxy) is 1. The Bertz CT molecular complexity index is 2190. The third kappa shape index (κ3) is 16.0. The second-order valence-electron chi connectivity index (χ2n) is 21.2. The van der Waals surface area contributed by atoms with Crippen molar-refractivity contribution in [3.8, 4) is 5.75 Å². The molecule has 402 valence electrons. The summed E-state index contributed by atoms with van der Waals surface area (Å²) in [6.07, 6.45) is 6.40. The highest BCUT2D eigenvalue weighted by Gasteiger charge is 2.56. The van der Waals surface area contributed by atoms with E-state index in [0.717, 1.165) is 49.7 Å². The van der Waals surface area contributed by atoms with Crippen LogP contribution in [0.5, 0.6) is 5.75 Å². The molecule has 6 rings (SSSR count). The van der Waals surface area contributed by atoms with E-state index in [1.807, 2.05) is 39.0 Å². The molecule has 6 amide bonds. The lowest BCUT2D eigenvalue weighted by atomic mass is 9.52. The number of guanidine groups is 1. The summed E-state index contributed by atoms with van der Waals surface area (Å²) in [5.41, 5.74) is 25.4. The Labute approximate surface area is 431 Å². The number of ketones is 1. The molecule has 19 heteroatoms. The zero-order valence-corrected chi connectivity index (χ0v) is 43.8. The van der Waals surface area contributed by atoms with Gasteiger partial charge in [-0.05, 0) is 124 Å². The van der Waals surface area contributed by atoms with Gasteiger partial charge in [0.15, 0.2) is 11.7 Å². The fraction of sp³-hybridized carbons (Fsp3) is 0.630. The van der Waals surface area contributed by atoms with E-state index in [1.54, 1.807) is 60.0 Å². The number of rotatable bonds is 29. The van der Waals surface area contributed by atoms with Gasteiger partial charge >= 0.3 is 0 Å². The second kappa shape index (κ2) is 26.7. The van der Waals surface area contributed by atoms with Crippen molar-refractivity contribution in [3.63, 3.8) is 0 Å². The molecule has 0 spiro atoms. The van der Waals surface area contributed by atoms with Crippen LogP contribution in [0.15, 0.2) is 54.6 Å².